The van der Waals surface area contributed by atoms with E-state index in [0.717, 1.165) is 11.1 Å². The molecule has 108 valence electrons. The second-order valence-electron chi connectivity index (χ2n) is 6.12. The predicted octanol–water partition coefficient (Wildman–Crippen LogP) is 5.78. The average Bonchev–Trinajstić information content (AvgIpc) is 2.46. The van der Waals surface area contributed by atoms with Crippen LogP contribution >= 0.6 is 0 Å². The van der Waals surface area contributed by atoms with Gasteiger partial charge in [0.25, 0.3) is 0 Å². The Morgan fingerprint density at radius 1 is 1.14 bits per heavy atom. The number of rotatable bonds is 4. The molecular formula is C21H24. The molecule has 21 heavy (non-hydrogen) atoms. The molecule has 0 atom stereocenters. The summed E-state index contributed by atoms with van der Waals surface area (Å²) in [5, 5.41) is 0. The summed E-state index contributed by atoms with van der Waals surface area (Å²) in [6.07, 6.45) is 12.9. The maximum absolute atomic E-state index is 5.40. The standard InChI is InChI=1S/C21H24/c1-8-17(9-2)12-11-16(4)19-13-18(10-3)14-20(15-19)21(5,6)7/h1,9-15H,2-3H2,4-7H3/b16-11+,17-12-. The normalized spacial score (nSPS) is 12.7. The van der Waals surface area contributed by atoms with Gasteiger partial charge in [0.15, 0.2) is 0 Å². The number of allylic oxidation sites excluding steroid dienone is 5. The van der Waals surface area contributed by atoms with Crippen LogP contribution in [0.2, 0.25) is 0 Å². The molecule has 0 heteroatoms. The molecule has 0 aliphatic carbocycles. The molecule has 0 N–H and O–H groups in total. The van der Waals surface area contributed by atoms with Crippen molar-refractivity contribution in [2.45, 2.75) is 33.1 Å². The first-order valence-electron chi connectivity index (χ1n) is 7.08. The summed E-state index contributed by atoms with van der Waals surface area (Å²) in [5.41, 5.74) is 5.68. The summed E-state index contributed by atoms with van der Waals surface area (Å²) in [6.45, 7) is 16.3. The minimum absolute atomic E-state index is 0.106. The molecule has 1 rings (SSSR count). The summed E-state index contributed by atoms with van der Waals surface area (Å²) in [5.74, 6) is 2.60. The molecule has 0 bridgehead atoms. The topological polar surface area (TPSA) is 0 Å². The molecule has 0 aliphatic rings. The third kappa shape index (κ3) is 4.65. The monoisotopic (exact) mass is 276 g/mol. The van der Waals surface area contributed by atoms with Crippen molar-refractivity contribution in [1.29, 1.82) is 0 Å². The van der Waals surface area contributed by atoms with E-state index in [0.29, 0.717) is 0 Å². The molecule has 1 aromatic carbocycles. The van der Waals surface area contributed by atoms with Crippen LogP contribution in [0.5, 0.6) is 0 Å². The van der Waals surface area contributed by atoms with Crippen LogP contribution in [-0.4, -0.2) is 0 Å². The third-order valence-electron chi connectivity index (χ3n) is 3.41. The van der Waals surface area contributed by atoms with Crippen molar-refractivity contribution in [3.05, 3.63) is 71.8 Å². The van der Waals surface area contributed by atoms with Gasteiger partial charge in [-0.3, -0.25) is 0 Å². The molecule has 0 radical (unpaired) electrons. The van der Waals surface area contributed by atoms with E-state index in [1.165, 1.54) is 16.7 Å². The van der Waals surface area contributed by atoms with Gasteiger partial charge in [-0.1, -0.05) is 70.2 Å². The number of benzene rings is 1. The quantitative estimate of drug-likeness (QED) is 0.483. The van der Waals surface area contributed by atoms with Crippen LogP contribution in [0.25, 0.3) is 11.6 Å². The highest BCUT2D eigenvalue weighted by Crippen LogP contribution is 2.27. The van der Waals surface area contributed by atoms with Crippen LogP contribution in [-0.2, 0) is 5.41 Å². The molecule has 0 spiro atoms. The molecule has 0 nitrogen and oxygen atoms in total. The van der Waals surface area contributed by atoms with Crippen LogP contribution in [0.15, 0.2) is 55.2 Å². The highest BCUT2D eigenvalue weighted by atomic mass is 14.2. The maximum Gasteiger partial charge on any atom is 0.0236 e. The van der Waals surface area contributed by atoms with Gasteiger partial charge in [0.2, 0.25) is 0 Å². The van der Waals surface area contributed by atoms with Gasteiger partial charge in [0.1, 0.15) is 0 Å². The Kier molecular flexibility index (Phi) is 5.56. The van der Waals surface area contributed by atoms with Gasteiger partial charge in [-0.2, -0.15) is 0 Å². The summed E-state index contributed by atoms with van der Waals surface area (Å²) in [7, 11) is 0. The van der Waals surface area contributed by atoms with Crippen LogP contribution in [0.1, 0.15) is 44.4 Å². The minimum atomic E-state index is 0.106. The summed E-state index contributed by atoms with van der Waals surface area (Å²) in [4.78, 5) is 0. The molecule has 0 unspecified atom stereocenters. The second-order valence-corrected chi connectivity index (χ2v) is 6.12. The van der Waals surface area contributed by atoms with Crippen LogP contribution in [0.4, 0.5) is 0 Å². The van der Waals surface area contributed by atoms with E-state index in [1.54, 1.807) is 6.08 Å². The summed E-state index contributed by atoms with van der Waals surface area (Å²) in [6, 6.07) is 6.57. The van der Waals surface area contributed by atoms with Crippen LogP contribution < -0.4 is 0 Å². The number of hydrogen-bond acceptors (Lipinski definition) is 0. The van der Waals surface area contributed by atoms with Crippen molar-refractivity contribution in [3.63, 3.8) is 0 Å². The Labute approximate surface area is 129 Å². The molecule has 0 fully saturated rings. The first kappa shape index (κ1) is 16.8. The highest BCUT2D eigenvalue weighted by molar-refractivity contribution is 5.69. The fourth-order valence-corrected chi connectivity index (χ4v) is 1.92. The molecular weight excluding hydrogens is 252 g/mol. The summed E-state index contributed by atoms with van der Waals surface area (Å²) < 4.78 is 0. The van der Waals surface area contributed by atoms with E-state index in [4.69, 9.17) is 6.42 Å². The maximum atomic E-state index is 5.40. The van der Waals surface area contributed by atoms with Gasteiger partial charge in [0.05, 0.1) is 0 Å². The van der Waals surface area contributed by atoms with Crippen molar-refractivity contribution in [3.8, 4) is 12.3 Å². The molecule has 0 saturated carbocycles. The van der Waals surface area contributed by atoms with Gasteiger partial charge >= 0.3 is 0 Å². The first-order chi connectivity index (χ1) is 9.81. The zero-order valence-corrected chi connectivity index (χ0v) is 13.5. The van der Waals surface area contributed by atoms with Crippen molar-refractivity contribution in [1.82, 2.24) is 0 Å². The predicted molar refractivity (Wildman–Crippen MR) is 96.0 cm³/mol. The van der Waals surface area contributed by atoms with Gasteiger partial charge in [-0.15, -0.1) is 6.42 Å². The SMILES string of the molecule is C#C/C(C=C)=C/C=C(\C)c1cc(C=C)cc(C(C)(C)C)c1. The van der Waals surface area contributed by atoms with Gasteiger partial charge in [-0.25, -0.2) is 0 Å². The lowest BCUT2D eigenvalue weighted by atomic mass is 9.84. The van der Waals surface area contributed by atoms with E-state index in [9.17, 15) is 0 Å². The van der Waals surface area contributed by atoms with E-state index < -0.39 is 0 Å². The molecule has 0 amide bonds. The third-order valence-corrected chi connectivity index (χ3v) is 3.41. The van der Waals surface area contributed by atoms with Crippen LogP contribution in [0, 0.1) is 12.3 Å². The van der Waals surface area contributed by atoms with E-state index in [-0.39, 0.29) is 5.41 Å². The van der Waals surface area contributed by atoms with Gasteiger partial charge in [-0.05, 0) is 46.7 Å². The molecule has 0 aromatic heterocycles. The Hall–Kier alpha value is -2.26. The Morgan fingerprint density at radius 3 is 2.29 bits per heavy atom. The lowest BCUT2D eigenvalue weighted by molar-refractivity contribution is 0.590. The van der Waals surface area contributed by atoms with Crippen molar-refractivity contribution in [2.24, 2.45) is 0 Å². The molecule has 0 aliphatic heterocycles. The molecule has 1 aromatic rings. The zero-order chi connectivity index (χ0) is 16.0. The first-order valence-corrected chi connectivity index (χ1v) is 7.08. The van der Waals surface area contributed by atoms with Crippen molar-refractivity contribution in [2.75, 3.05) is 0 Å². The smallest absolute Gasteiger partial charge is 0.0236 e. The molecule has 0 heterocycles. The Morgan fingerprint density at radius 2 is 1.81 bits per heavy atom. The van der Waals surface area contributed by atoms with E-state index in [2.05, 4.69) is 65.0 Å². The van der Waals surface area contributed by atoms with Crippen LogP contribution in [0.3, 0.4) is 0 Å². The fraction of sp³-hybridized carbons (Fsp3) is 0.238. The Balaban J connectivity index is 3.33. The lowest BCUT2D eigenvalue weighted by Crippen LogP contribution is -2.11. The van der Waals surface area contributed by atoms with Gasteiger partial charge in [0, 0.05) is 5.57 Å². The molecule has 0 saturated heterocycles. The number of hydrogen-bond donors (Lipinski definition) is 0. The highest BCUT2D eigenvalue weighted by Gasteiger charge is 2.15. The Bertz CT molecular complexity index is 638. The minimum Gasteiger partial charge on any atom is -0.115 e. The average molecular weight is 276 g/mol. The van der Waals surface area contributed by atoms with Crippen molar-refractivity contribution < 1.29 is 0 Å². The summed E-state index contributed by atoms with van der Waals surface area (Å²) >= 11 is 0. The van der Waals surface area contributed by atoms with E-state index in [1.807, 2.05) is 18.2 Å². The second kappa shape index (κ2) is 6.95. The largest absolute Gasteiger partial charge is 0.115 e. The fourth-order valence-electron chi connectivity index (χ4n) is 1.92. The van der Waals surface area contributed by atoms with E-state index >= 15 is 0 Å². The van der Waals surface area contributed by atoms with Crippen molar-refractivity contribution >= 4 is 11.6 Å². The zero-order valence-electron chi connectivity index (χ0n) is 13.5. The lowest BCUT2D eigenvalue weighted by Gasteiger charge is -2.21. The number of terminal acetylenes is 1. The van der Waals surface area contributed by atoms with Gasteiger partial charge < -0.3 is 0 Å².